The summed E-state index contributed by atoms with van der Waals surface area (Å²) in [7, 11) is 0. The Hall–Kier alpha value is -0.430. The van der Waals surface area contributed by atoms with Crippen molar-refractivity contribution in [2.45, 2.75) is 25.2 Å². The smallest absolute Gasteiger partial charge is 0.0130 e. The molecule has 1 heteroatoms. The van der Waals surface area contributed by atoms with Gasteiger partial charge in [-0.15, -0.1) is 11.8 Å². The summed E-state index contributed by atoms with van der Waals surface area (Å²) in [6.45, 7) is 4.37. The lowest BCUT2D eigenvalue weighted by atomic mass is 10.1. The predicted molar refractivity (Wildman–Crippen MR) is 52.3 cm³/mol. The zero-order chi connectivity index (χ0) is 8.27. The zero-order valence-electron chi connectivity index (χ0n) is 7.35. The van der Waals surface area contributed by atoms with Crippen molar-refractivity contribution in [3.63, 3.8) is 0 Å². The van der Waals surface area contributed by atoms with Gasteiger partial charge in [0.25, 0.3) is 0 Å². The largest absolute Gasteiger partial charge is 0.129 e. The standard InChI is InChI=1S/C10H14S/c1-4-9-7-5-6-8(2)10(9)11-3/h5-7H,4H2,1-3H3. The average Bonchev–Trinajstić information content (AvgIpc) is 2.04. The van der Waals surface area contributed by atoms with Crippen LogP contribution < -0.4 is 0 Å². The Morgan fingerprint density at radius 3 is 2.55 bits per heavy atom. The van der Waals surface area contributed by atoms with Gasteiger partial charge in [0.1, 0.15) is 0 Å². The van der Waals surface area contributed by atoms with Crippen molar-refractivity contribution in [2.24, 2.45) is 0 Å². The molecule has 0 aliphatic rings. The number of thioether (sulfide) groups is 1. The summed E-state index contributed by atoms with van der Waals surface area (Å²) < 4.78 is 0. The monoisotopic (exact) mass is 166 g/mol. The molecule has 0 fully saturated rings. The Kier molecular flexibility index (Phi) is 3.01. The summed E-state index contributed by atoms with van der Waals surface area (Å²) in [6, 6.07) is 6.51. The third kappa shape index (κ3) is 1.78. The van der Waals surface area contributed by atoms with E-state index in [-0.39, 0.29) is 0 Å². The van der Waals surface area contributed by atoms with E-state index in [1.54, 1.807) is 0 Å². The second-order valence-electron chi connectivity index (χ2n) is 2.62. The van der Waals surface area contributed by atoms with Crippen LogP contribution in [0.3, 0.4) is 0 Å². The van der Waals surface area contributed by atoms with Crippen molar-refractivity contribution in [3.05, 3.63) is 29.3 Å². The van der Waals surface area contributed by atoms with Crippen LogP contribution in [0.4, 0.5) is 0 Å². The SMILES string of the molecule is CCc1cccc(C)c1SC. The summed E-state index contributed by atoms with van der Waals surface area (Å²) in [5.74, 6) is 0. The molecule has 1 aromatic carbocycles. The van der Waals surface area contributed by atoms with Gasteiger partial charge in [-0.1, -0.05) is 25.1 Å². The van der Waals surface area contributed by atoms with Crippen molar-refractivity contribution in [3.8, 4) is 0 Å². The molecule has 0 radical (unpaired) electrons. The van der Waals surface area contributed by atoms with Gasteiger partial charge in [0.05, 0.1) is 0 Å². The minimum Gasteiger partial charge on any atom is -0.129 e. The van der Waals surface area contributed by atoms with E-state index in [4.69, 9.17) is 0 Å². The van der Waals surface area contributed by atoms with Crippen LogP contribution >= 0.6 is 11.8 Å². The molecule has 0 saturated carbocycles. The van der Waals surface area contributed by atoms with Gasteiger partial charge < -0.3 is 0 Å². The van der Waals surface area contributed by atoms with Gasteiger partial charge in [-0.3, -0.25) is 0 Å². The van der Waals surface area contributed by atoms with E-state index in [0.29, 0.717) is 0 Å². The van der Waals surface area contributed by atoms with Gasteiger partial charge in [0.2, 0.25) is 0 Å². The zero-order valence-corrected chi connectivity index (χ0v) is 8.16. The summed E-state index contributed by atoms with van der Waals surface area (Å²) in [6.07, 6.45) is 3.28. The maximum atomic E-state index is 2.21. The van der Waals surface area contributed by atoms with E-state index >= 15 is 0 Å². The molecule has 0 unspecified atom stereocenters. The highest BCUT2D eigenvalue weighted by atomic mass is 32.2. The fraction of sp³-hybridized carbons (Fsp3) is 0.400. The van der Waals surface area contributed by atoms with Crippen LogP contribution in [0.15, 0.2) is 23.1 Å². The number of rotatable bonds is 2. The molecular weight excluding hydrogens is 152 g/mol. The molecule has 0 N–H and O–H groups in total. The lowest BCUT2D eigenvalue weighted by molar-refractivity contribution is 1.06. The molecule has 0 amide bonds. The third-order valence-corrected chi connectivity index (χ3v) is 2.87. The highest BCUT2D eigenvalue weighted by Gasteiger charge is 2.00. The van der Waals surface area contributed by atoms with Crippen LogP contribution in [-0.4, -0.2) is 6.26 Å². The van der Waals surface area contributed by atoms with E-state index < -0.39 is 0 Å². The maximum Gasteiger partial charge on any atom is 0.0130 e. The van der Waals surface area contributed by atoms with Crippen molar-refractivity contribution in [2.75, 3.05) is 6.26 Å². The average molecular weight is 166 g/mol. The minimum atomic E-state index is 1.14. The van der Waals surface area contributed by atoms with E-state index in [9.17, 15) is 0 Å². The quantitative estimate of drug-likeness (QED) is 0.608. The normalized spacial score (nSPS) is 10.1. The summed E-state index contributed by atoms with van der Waals surface area (Å²) in [4.78, 5) is 1.45. The van der Waals surface area contributed by atoms with Crippen LogP contribution in [0.2, 0.25) is 0 Å². The Bertz CT molecular complexity index is 241. The second kappa shape index (κ2) is 3.82. The molecule has 11 heavy (non-hydrogen) atoms. The molecule has 60 valence electrons. The fourth-order valence-corrected chi connectivity index (χ4v) is 2.15. The van der Waals surface area contributed by atoms with Crippen LogP contribution in [-0.2, 0) is 6.42 Å². The molecule has 0 aliphatic heterocycles. The molecule has 1 rings (SSSR count). The van der Waals surface area contributed by atoms with Crippen molar-refractivity contribution in [1.82, 2.24) is 0 Å². The highest BCUT2D eigenvalue weighted by Crippen LogP contribution is 2.24. The molecular formula is C10H14S. The number of aryl methyl sites for hydroxylation is 2. The molecule has 0 aliphatic carbocycles. The molecule has 0 nitrogen and oxygen atoms in total. The van der Waals surface area contributed by atoms with Gasteiger partial charge in [-0.25, -0.2) is 0 Å². The second-order valence-corrected chi connectivity index (χ2v) is 3.44. The van der Waals surface area contributed by atoms with E-state index in [1.807, 2.05) is 11.8 Å². The van der Waals surface area contributed by atoms with Crippen molar-refractivity contribution < 1.29 is 0 Å². The third-order valence-electron chi connectivity index (χ3n) is 1.88. The molecule has 0 atom stereocenters. The molecule has 0 saturated heterocycles. The number of benzene rings is 1. The summed E-state index contributed by atoms with van der Waals surface area (Å²) >= 11 is 1.85. The first-order valence-corrected chi connectivity index (χ1v) is 5.14. The number of hydrogen-bond acceptors (Lipinski definition) is 1. The highest BCUT2D eigenvalue weighted by molar-refractivity contribution is 7.98. The molecule has 0 spiro atoms. The molecule has 0 aromatic heterocycles. The Morgan fingerprint density at radius 1 is 1.36 bits per heavy atom. The number of hydrogen-bond donors (Lipinski definition) is 0. The van der Waals surface area contributed by atoms with E-state index in [2.05, 4.69) is 38.3 Å². The van der Waals surface area contributed by atoms with Crippen LogP contribution in [0.5, 0.6) is 0 Å². The van der Waals surface area contributed by atoms with Gasteiger partial charge in [-0.2, -0.15) is 0 Å². The Labute approximate surface area is 73.0 Å². The van der Waals surface area contributed by atoms with Gasteiger partial charge in [0.15, 0.2) is 0 Å². The van der Waals surface area contributed by atoms with Crippen LogP contribution in [0.1, 0.15) is 18.1 Å². The van der Waals surface area contributed by atoms with Crippen molar-refractivity contribution in [1.29, 1.82) is 0 Å². The molecule has 0 bridgehead atoms. The topological polar surface area (TPSA) is 0 Å². The van der Waals surface area contributed by atoms with E-state index in [0.717, 1.165) is 6.42 Å². The lowest BCUT2D eigenvalue weighted by Crippen LogP contribution is -1.87. The van der Waals surface area contributed by atoms with Gasteiger partial charge in [-0.05, 0) is 30.7 Å². The van der Waals surface area contributed by atoms with Gasteiger partial charge in [0, 0.05) is 4.90 Å². The van der Waals surface area contributed by atoms with Crippen molar-refractivity contribution >= 4 is 11.8 Å². The van der Waals surface area contributed by atoms with Gasteiger partial charge >= 0.3 is 0 Å². The minimum absolute atomic E-state index is 1.14. The first-order chi connectivity index (χ1) is 5.29. The lowest BCUT2D eigenvalue weighted by Gasteiger charge is -2.07. The summed E-state index contributed by atoms with van der Waals surface area (Å²) in [5, 5.41) is 0. The fourth-order valence-electron chi connectivity index (χ4n) is 1.28. The molecule has 1 aromatic rings. The Morgan fingerprint density at radius 2 is 2.09 bits per heavy atom. The molecule has 0 heterocycles. The first kappa shape index (κ1) is 8.66. The van der Waals surface area contributed by atoms with Crippen LogP contribution in [0, 0.1) is 6.92 Å². The van der Waals surface area contributed by atoms with E-state index in [1.165, 1.54) is 16.0 Å². The maximum absolute atomic E-state index is 2.21. The first-order valence-electron chi connectivity index (χ1n) is 3.92. The predicted octanol–water partition coefficient (Wildman–Crippen LogP) is 3.28. The Balaban J connectivity index is 3.13. The van der Waals surface area contributed by atoms with Crippen LogP contribution in [0.25, 0.3) is 0 Å². The summed E-state index contributed by atoms with van der Waals surface area (Å²) in [5.41, 5.74) is 2.87.